The summed E-state index contributed by atoms with van der Waals surface area (Å²) in [6, 6.07) is 0. The smallest absolute Gasteiger partial charge is 0.255 e. The summed E-state index contributed by atoms with van der Waals surface area (Å²) in [5, 5.41) is 12.5. The second kappa shape index (κ2) is 3.28. The van der Waals surface area contributed by atoms with Crippen molar-refractivity contribution in [2.75, 3.05) is 6.54 Å². The van der Waals surface area contributed by atoms with E-state index in [-0.39, 0.29) is 5.89 Å². The van der Waals surface area contributed by atoms with Crippen molar-refractivity contribution >= 4 is 0 Å². The minimum absolute atomic E-state index is 0.227. The van der Waals surface area contributed by atoms with E-state index in [1.165, 1.54) is 6.33 Å². The van der Waals surface area contributed by atoms with E-state index >= 15 is 0 Å². The third kappa shape index (κ3) is 1.52. The first-order valence-electron chi connectivity index (χ1n) is 2.99. The van der Waals surface area contributed by atoms with Crippen LogP contribution in [0.2, 0.25) is 0 Å². The molecule has 0 saturated heterocycles. The molecule has 0 aliphatic heterocycles. The van der Waals surface area contributed by atoms with Gasteiger partial charge in [0.2, 0.25) is 0 Å². The molecule has 0 fully saturated rings. The number of nitrogens with two attached hydrogens (primary N) is 1. The monoisotopic (exact) mass is 143 g/mol. The molecule has 1 heterocycles. The summed E-state index contributed by atoms with van der Waals surface area (Å²) in [7, 11) is 0. The third-order valence-electron chi connectivity index (χ3n) is 1.10. The largest absolute Gasteiger partial charge is 0.383 e. The zero-order valence-corrected chi connectivity index (χ0v) is 5.40. The highest BCUT2D eigenvalue weighted by Gasteiger charge is 2.10. The normalized spacial score (nSPS) is 13.4. The summed E-state index contributed by atoms with van der Waals surface area (Å²) >= 11 is 0. The quantitative estimate of drug-likeness (QED) is 0.593. The second-order valence-corrected chi connectivity index (χ2v) is 1.87. The molecule has 1 aromatic heterocycles. The molecule has 0 saturated carbocycles. The lowest BCUT2D eigenvalue weighted by atomic mass is 10.2. The molecule has 5 heteroatoms. The Morgan fingerprint density at radius 1 is 1.80 bits per heavy atom. The standard InChI is InChI=1S/C5H9N3O2/c6-2-1-4(9)5-7-3-8-10-5/h3-4,9H,1-2,6H2. The van der Waals surface area contributed by atoms with Crippen molar-refractivity contribution in [3.05, 3.63) is 12.2 Å². The molecule has 1 rings (SSSR count). The Morgan fingerprint density at radius 3 is 3.10 bits per heavy atom. The fourth-order valence-electron chi connectivity index (χ4n) is 0.610. The van der Waals surface area contributed by atoms with E-state index in [0.717, 1.165) is 0 Å². The zero-order valence-electron chi connectivity index (χ0n) is 5.40. The highest BCUT2D eigenvalue weighted by molar-refractivity contribution is 4.80. The number of aliphatic hydroxyl groups is 1. The minimum atomic E-state index is -0.715. The molecule has 1 aromatic rings. The van der Waals surface area contributed by atoms with Gasteiger partial charge < -0.3 is 15.4 Å². The van der Waals surface area contributed by atoms with Crippen LogP contribution in [0.15, 0.2) is 10.9 Å². The van der Waals surface area contributed by atoms with Gasteiger partial charge in [0.25, 0.3) is 5.89 Å². The van der Waals surface area contributed by atoms with E-state index in [1.54, 1.807) is 0 Å². The average Bonchev–Trinajstić information content (AvgIpc) is 2.38. The molecular formula is C5H9N3O2. The summed E-state index contributed by atoms with van der Waals surface area (Å²) < 4.78 is 4.58. The predicted molar refractivity (Wildman–Crippen MR) is 32.9 cm³/mol. The summed E-state index contributed by atoms with van der Waals surface area (Å²) in [6.45, 7) is 0.406. The average molecular weight is 143 g/mol. The van der Waals surface area contributed by atoms with Gasteiger partial charge in [-0.25, -0.2) is 0 Å². The Balaban J connectivity index is 2.50. The number of aliphatic hydroxyl groups excluding tert-OH is 1. The molecule has 5 nitrogen and oxygen atoms in total. The van der Waals surface area contributed by atoms with Gasteiger partial charge in [-0.15, -0.1) is 0 Å². The maximum absolute atomic E-state index is 9.13. The summed E-state index contributed by atoms with van der Waals surface area (Å²) in [6.07, 6.45) is 0.976. The molecular weight excluding hydrogens is 134 g/mol. The van der Waals surface area contributed by atoms with E-state index in [1.807, 2.05) is 0 Å². The highest BCUT2D eigenvalue weighted by Crippen LogP contribution is 2.10. The second-order valence-electron chi connectivity index (χ2n) is 1.87. The molecule has 0 spiro atoms. The summed E-state index contributed by atoms with van der Waals surface area (Å²) in [4.78, 5) is 3.65. The lowest BCUT2D eigenvalue weighted by Gasteiger charge is -2.00. The lowest BCUT2D eigenvalue weighted by Crippen LogP contribution is -2.06. The molecule has 0 aliphatic rings. The minimum Gasteiger partial charge on any atom is -0.383 e. The molecule has 0 bridgehead atoms. The van der Waals surface area contributed by atoms with Gasteiger partial charge in [-0.2, -0.15) is 4.98 Å². The van der Waals surface area contributed by atoms with E-state index in [4.69, 9.17) is 10.8 Å². The van der Waals surface area contributed by atoms with Crippen LogP contribution < -0.4 is 5.73 Å². The fraction of sp³-hybridized carbons (Fsp3) is 0.600. The first-order chi connectivity index (χ1) is 4.84. The first-order valence-corrected chi connectivity index (χ1v) is 2.99. The Hall–Kier alpha value is -0.940. The van der Waals surface area contributed by atoms with E-state index in [2.05, 4.69) is 14.7 Å². The molecule has 1 atom stereocenters. The van der Waals surface area contributed by atoms with E-state index < -0.39 is 6.10 Å². The summed E-state index contributed by atoms with van der Waals surface area (Å²) in [5.41, 5.74) is 5.19. The van der Waals surface area contributed by atoms with Crippen LogP contribution in [0.3, 0.4) is 0 Å². The van der Waals surface area contributed by atoms with Crippen LogP contribution in [0.1, 0.15) is 18.4 Å². The van der Waals surface area contributed by atoms with Gasteiger partial charge in [-0.3, -0.25) is 0 Å². The molecule has 0 aromatic carbocycles. The Kier molecular flexibility index (Phi) is 2.35. The van der Waals surface area contributed by atoms with Crippen molar-refractivity contribution in [3.8, 4) is 0 Å². The first kappa shape index (κ1) is 7.17. The van der Waals surface area contributed by atoms with Crippen molar-refractivity contribution in [2.45, 2.75) is 12.5 Å². The number of hydrogen-bond donors (Lipinski definition) is 2. The van der Waals surface area contributed by atoms with Gasteiger partial charge in [-0.05, 0) is 13.0 Å². The molecule has 10 heavy (non-hydrogen) atoms. The van der Waals surface area contributed by atoms with Crippen LogP contribution in [0.5, 0.6) is 0 Å². The lowest BCUT2D eigenvalue weighted by molar-refractivity contribution is 0.127. The molecule has 0 radical (unpaired) electrons. The van der Waals surface area contributed by atoms with Crippen LogP contribution in [-0.2, 0) is 0 Å². The van der Waals surface area contributed by atoms with Gasteiger partial charge in [0.15, 0.2) is 6.33 Å². The number of rotatable bonds is 3. The third-order valence-corrected chi connectivity index (χ3v) is 1.10. The van der Waals surface area contributed by atoms with Crippen LogP contribution in [0, 0.1) is 0 Å². The van der Waals surface area contributed by atoms with Crippen molar-refractivity contribution in [2.24, 2.45) is 5.73 Å². The zero-order chi connectivity index (χ0) is 7.40. The number of nitrogens with zero attached hydrogens (tertiary/aromatic N) is 2. The fourth-order valence-corrected chi connectivity index (χ4v) is 0.610. The molecule has 1 unspecified atom stereocenters. The Bertz CT molecular complexity index is 175. The number of hydrogen-bond acceptors (Lipinski definition) is 5. The SMILES string of the molecule is NCCC(O)c1ncno1. The van der Waals surface area contributed by atoms with Crippen LogP contribution in [0.4, 0.5) is 0 Å². The van der Waals surface area contributed by atoms with Gasteiger partial charge in [0.1, 0.15) is 6.10 Å². The van der Waals surface area contributed by atoms with Crippen LogP contribution in [-0.4, -0.2) is 21.8 Å². The van der Waals surface area contributed by atoms with Crippen molar-refractivity contribution in [3.63, 3.8) is 0 Å². The van der Waals surface area contributed by atoms with Crippen molar-refractivity contribution < 1.29 is 9.63 Å². The predicted octanol–water partition coefficient (Wildman–Crippen LogP) is -0.548. The molecule has 3 N–H and O–H groups in total. The van der Waals surface area contributed by atoms with Crippen LogP contribution in [0.25, 0.3) is 0 Å². The highest BCUT2D eigenvalue weighted by atomic mass is 16.5. The maximum atomic E-state index is 9.13. The number of aromatic nitrogens is 2. The molecule has 0 aliphatic carbocycles. The van der Waals surface area contributed by atoms with E-state index in [0.29, 0.717) is 13.0 Å². The van der Waals surface area contributed by atoms with E-state index in [9.17, 15) is 0 Å². The summed E-state index contributed by atoms with van der Waals surface area (Å²) in [5.74, 6) is 0.227. The van der Waals surface area contributed by atoms with Gasteiger partial charge >= 0.3 is 0 Å². The van der Waals surface area contributed by atoms with Crippen LogP contribution >= 0.6 is 0 Å². The Labute approximate surface area is 57.8 Å². The molecule has 56 valence electrons. The van der Waals surface area contributed by atoms with Gasteiger partial charge in [0, 0.05) is 0 Å². The van der Waals surface area contributed by atoms with Gasteiger partial charge in [-0.1, -0.05) is 5.16 Å². The van der Waals surface area contributed by atoms with Crippen molar-refractivity contribution in [1.29, 1.82) is 0 Å². The maximum Gasteiger partial charge on any atom is 0.255 e. The topological polar surface area (TPSA) is 85.2 Å². The van der Waals surface area contributed by atoms with Crippen molar-refractivity contribution in [1.82, 2.24) is 10.1 Å². The Morgan fingerprint density at radius 2 is 2.60 bits per heavy atom. The van der Waals surface area contributed by atoms with Gasteiger partial charge in [0.05, 0.1) is 0 Å². The molecule has 0 amide bonds.